The van der Waals surface area contributed by atoms with Gasteiger partial charge >= 0.3 is 0 Å². The molecule has 0 aromatic heterocycles. The van der Waals surface area contributed by atoms with Crippen molar-refractivity contribution >= 4 is 33.2 Å². The van der Waals surface area contributed by atoms with Crippen LogP contribution in [0.15, 0.2) is 18.2 Å². The molecule has 0 fully saturated rings. The molecule has 0 unspecified atom stereocenters. The molecule has 1 N–H and O–H groups in total. The first-order valence-electron chi connectivity index (χ1n) is 6.42. The topological polar surface area (TPSA) is 64.6 Å². The van der Waals surface area contributed by atoms with E-state index in [0.717, 1.165) is 5.56 Å². The van der Waals surface area contributed by atoms with Gasteiger partial charge in [-0.05, 0) is 24.1 Å². The van der Waals surface area contributed by atoms with Crippen LogP contribution in [0.1, 0.15) is 5.56 Å². The number of rotatable bonds is 10. The van der Waals surface area contributed by atoms with Crippen molar-refractivity contribution in [3.63, 3.8) is 0 Å². The van der Waals surface area contributed by atoms with Crippen LogP contribution in [0.4, 0.5) is 0 Å². The Balaban J connectivity index is 2.30. The van der Waals surface area contributed by atoms with Gasteiger partial charge in [0, 0.05) is 23.7 Å². The lowest BCUT2D eigenvalue weighted by Gasteiger charge is -2.08. The lowest BCUT2D eigenvalue weighted by atomic mass is 10.1. The molecule has 0 aliphatic heterocycles. The Morgan fingerprint density at radius 1 is 1.19 bits per heavy atom. The van der Waals surface area contributed by atoms with E-state index in [4.69, 9.17) is 32.7 Å². The largest absolute Gasteiger partial charge is 0.382 e. The molecule has 0 atom stereocenters. The van der Waals surface area contributed by atoms with Gasteiger partial charge in [0.15, 0.2) is 0 Å². The summed E-state index contributed by atoms with van der Waals surface area (Å²) in [6.45, 7) is 1.25. The molecule has 0 aliphatic rings. The van der Waals surface area contributed by atoms with Gasteiger partial charge in [-0.15, -0.1) is 0 Å². The molecule has 0 spiro atoms. The van der Waals surface area contributed by atoms with Crippen molar-refractivity contribution in [3.8, 4) is 0 Å². The van der Waals surface area contributed by atoms with Crippen molar-refractivity contribution in [1.82, 2.24) is 4.72 Å². The molecule has 120 valence electrons. The second-order valence-corrected chi connectivity index (χ2v) is 7.07. The minimum Gasteiger partial charge on any atom is -0.382 e. The van der Waals surface area contributed by atoms with Crippen LogP contribution in [-0.2, 0) is 25.9 Å². The zero-order valence-corrected chi connectivity index (χ0v) is 14.1. The Morgan fingerprint density at radius 2 is 1.95 bits per heavy atom. The number of methoxy groups -OCH3 is 1. The summed E-state index contributed by atoms with van der Waals surface area (Å²) in [5, 5.41) is 1.09. The molecule has 1 rings (SSSR count). The molecule has 0 aliphatic carbocycles. The maximum absolute atomic E-state index is 11.7. The van der Waals surface area contributed by atoms with Crippen molar-refractivity contribution < 1.29 is 17.9 Å². The normalized spacial score (nSPS) is 11.8. The van der Waals surface area contributed by atoms with Gasteiger partial charge in [-0.3, -0.25) is 0 Å². The molecule has 0 heterocycles. The number of halogens is 2. The van der Waals surface area contributed by atoms with Crippen molar-refractivity contribution in [3.05, 3.63) is 33.8 Å². The van der Waals surface area contributed by atoms with E-state index in [1.807, 2.05) is 0 Å². The fourth-order valence-corrected chi connectivity index (χ4v) is 2.95. The molecule has 21 heavy (non-hydrogen) atoms. The molecule has 1 aromatic rings. The van der Waals surface area contributed by atoms with Crippen LogP contribution in [0, 0.1) is 0 Å². The van der Waals surface area contributed by atoms with Gasteiger partial charge in [-0.1, -0.05) is 29.3 Å². The maximum Gasteiger partial charge on any atom is 0.213 e. The van der Waals surface area contributed by atoms with Gasteiger partial charge in [-0.25, -0.2) is 13.1 Å². The Morgan fingerprint density at radius 3 is 2.62 bits per heavy atom. The van der Waals surface area contributed by atoms with E-state index in [2.05, 4.69) is 4.72 Å². The summed E-state index contributed by atoms with van der Waals surface area (Å²) >= 11 is 11.8. The Bertz CT molecular complexity index is 537. The van der Waals surface area contributed by atoms with Crippen molar-refractivity contribution in [2.24, 2.45) is 0 Å². The average Bonchev–Trinajstić information content (AvgIpc) is 2.41. The summed E-state index contributed by atoms with van der Waals surface area (Å²) in [5.74, 6) is -0.0783. The van der Waals surface area contributed by atoms with Crippen LogP contribution in [-0.4, -0.2) is 47.6 Å². The summed E-state index contributed by atoms with van der Waals surface area (Å²) in [6.07, 6.45) is 0.500. The van der Waals surface area contributed by atoms with Gasteiger partial charge in [0.05, 0.1) is 25.6 Å². The lowest BCUT2D eigenvalue weighted by molar-refractivity contribution is 0.0784. The minimum atomic E-state index is -3.34. The van der Waals surface area contributed by atoms with Crippen LogP contribution in [0.5, 0.6) is 0 Å². The van der Waals surface area contributed by atoms with Gasteiger partial charge in [0.2, 0.25) is 10.0 Å². The minimum absolute atomic E-state index is 0.0783. The summed E-state index contributed by atoms with van der Waals surface area (Å²) in [4.78, 5) is 0. The molecule has 0 amide bonds. The smallest absolute Gasteiger partial charge is 0.213 e. The first kappa shape index (κ1) is 18.7. The van der Waals surface area contributed by atoms with Gasteiger partial charge in [-0.2, -0.15) is 0 Å². The van der Waals surface area contributed by atoms with E-state index in [9.17, 15) is 8.42 Å². The number of hydrogen-bond donors (Lipinski definition) is 1. The number of sulfonamides is 1. The predicted molar refractivity (Wildman–Crippen MR) is 84.7 cm³/mol. The van der Waals surface area contributed by atoms with Gasteiger partial charge in [0.1, 0.15) is 0 Å². The first-order valence-corrected chi connectivity index (χ1v) is 8.83. The van der Waals surface area contributed by atoms with Crippen LogP contribution < -0.4 is 4.72 Å². The maximum atomic E-state index is 11.7. The van der Waals surface area contributed by atoms with E-state index < -0.39 is 10.0 Å². The van der Waals surface area contributed by atoms with Gasteiger partial charge < -0.3 is 9.47 Å². The molecule has 8 heteroatoms. The number of ether oxygens (including phenoxy) is 2. The zero-order valence-electron chi connectivity index (χ0n) is 11.8. The highest BCUT2D eigenvalue weighted by molar-refractivity contribution is 7.89. The third-order valence-electron chi connectivity index (χ3n) is 2.66. The summed E-state index contributed by atoms with van der Waals surface area (Å²) in [6, 6.07) is 5.14. The van der Waals surface area contributed by atoms with Crippen molar-refractivity contribution in [1.29, 1.82) is 0 Å². The third-order valence-corrected chi connectivity index (χ3v) is 4.59. The zero-order chi connectivity index (χ0) is 15.7. The molecule has 1 aromatic carbocycles. The number of hydrogen-bond acceptors (Lipinski definition) is 4. The van der Waals surface area contributed by atoms with Crippen LogP contribution >= 0.6 is 23.2 Å². The SMILES string of the molecule is COCCOCCS(=O)(=O)NCCc1ccc(Cl)cc1Cl. The highest BCUT2D eigenvalue weighted by atomic mass is 35.5. The fraction of sp³-hybridized carbons (Fsp3) is 0.538. The lowest BCUT2D eigenvalue weighted by Crippen LogP contribution is -2.30. The molecule has 0 saturated carbocycles. The quantitative estimate of drug-likeness (QED) is 0.653. The molecular weight excluding hydrogens is 337 g/mol. The third kappa shape index (κ3) is 7.99. The summed E-state index contributed by atoms with van der Waals surface area (Å²) < 4.78 is 35.9. The van der Waals surface area contributed by atoms with Gasteiger partial charge in [0.25, 0.3) is 0 Å². The van der Waals surface area contributed by atoms with E-state index in [0.29, 0.717) is 29.7 Å². The highest BCUT2D eigenvalue weighted by Crippen LogP contribution is 2.21. The summed E-state index contributed by atoms with van der Waals surface area (Å²) in [7, 11) is -1.79. The highest BCUT2D eigenvalue weighted by Gasteiger charge is 2.10. The van der Waals surface area contributed by atoms with Crippen LogP contribution in [0.25, 0.3) is 0 Å². The second kappa shape index (κ2) is 9.61. The second-order valence-electron chi connectivity index (χ2n) is 4.30. The Labute approximate surface area is 135 Å². The first-order chi connectivity index (χ1) is 9.94. The Hall–Kier alpha value is -0.370. The monoisotopic (exact) mass is 355 g/mol. The molecule has 0 bridgehead atoms. The Kier molecular flexibility index (Phi) is 8.55. The molecule has 0 radical (unpaired) electrons. The van der Waals surface area contributed by atoms with Crippen molar-refractivity contribution in [2.75, 3.05) is 39.2 Å². The van der Waals surface area contributed by atoms with Crippen LogP contribution in [0.2, 0.25) is 10.0 Å². The predicted octanol–water partition coefficient (Wildman–Crippen LogP) is 2.12. The number of benzene rings is 1. The van der Waals surface area contributed by atoms with Crippen molar-refractivity contribution in [2.45, 2.75) is 6.42 Å². The fourth-order valence-electron chi connectivity index (χ4n) is 1.55. The summed E-state index contributed by atoms with van der Waals surface area (Å²) in [5.41, 5.74) is 0.847. The molecular formula is C13H19Cl2NO4S. The average molecular weight is 356 g/mol. The van der Waals surface area contributed by atoms with E-state index in [1.54, 1.807) is 25.3 Å². The van der Waals surface area contributed by atoms with E-state index in [1.165, 1.54) is 0 Å². The van der Waals surface area contributed by atoms with Crippen LogP contribution in [0.3, 0.4) is 0 Å². The molecule has 0 saturated heterocycles. The number of nitrogens with one attached hydrogen (secondary N) is 1. The van der Waals surface area contributed by atoms with E-state index >= 15 is 0 Å². The molecule has 5 nitrogen and oxygen atoms in total. The standard InChI is InChI=1S/C13H19Cl2NO4S/c1-19-6-7-20-8-9-21(17,18)16-5-4-11-2-3-12(14)10-13(11)15/h2-3,10,16H,4-9H2,1H3. The van der Waals surface area contributed by atoms with E-state index in [-0.39, 0.29) is 18.9 Å².